The highest BCUT2D eigenvalue weighted by atomic mass is 127. The van der Waals surface area contributed by atoms with Crippen molar-refractivity contribution in [3.63, 3.8) is 0 Å². The maximum Gasteiger partial charge on any atom is 0.337 e. The van der Waals surface area contributed by atoms with Gasteiger partial charge < -0.3 is 38.8 Å². The summed E-state index contributed by atoms with van der Waals surface area (Å²) in [4.78, 5) is 30.0. The number of fused-ring (bicyclic) bond motifs is 10. The first-order valence-electron chi connectivity index (χ1n) is 31.6. The molecule has 2 heterocycles. The predicted octanol–water partition coefficient (Wildman–Crippen LogP) is 14.3. The summed E-state index contributed by atoms with van der Waals surface area (Å²) < 4.78 is 15.5. The summed E-state index contributed by atoms with van der Waals surface area (Å²) in [7, 11) is 2.01. The Bertz CT molecular complexity index is 2300. The van der Waals surface area contributed by atoms with E-state index in [1.807, 2.05) is 37.7 Å². The second-order valence-corrected chi connectivity index (χ2v) is 29.6. The fraction of sp³-hybridized carbons (Fsp3) is 0.783. The Balaban J connectivity index is 0.00000392. The topological polar surface area (TPSA) is 68.5 Å². The zero-order valence-corrected chi connectivity index (χ0v) is 55.0. The molecule has 1 aliphatic heterocycles. The molecule has 77 heavy (non-hydrogen) atoms. The Hall–Kier alpha value is -1.69. The molecule has 1 N–H and O–H groups in total. The third kappa shape index (κ3) is 11.4. The maximum absolute atomic E-state index is 15.0. The van der Waals surface area contributed by atoms with Crippen LogP contribution >= 0.6 is 24.0 Å². The van der Waals surface area contributed by atoms with Gasteiger partial charge in [0.15, 0.2) is 12.4 Å². The summed E-state index contributed by atoms with van der Waals surface area (Å²) in [5.41, 5.74) is 7.82. The van der Waals surface area contributed by atoms with E-state index in [1.165, 1.54) is 114 Å². The van der Waals surface area contributed by atoms with Crippen LogP contribution < -0.4 is 33.9 Å². The fourth-order valence-corrected chi connectivity index (χ4v) is 20.6. The number of dihydropyridines is 1. The lowest BCUT2D eigenvalue weighted by Gasteiger charge is -2.58. The molecule has 6 nitrogen and oxygen atoms in total. The molecule has 0 amide bonds. The van der Waals surface area contributed by atoms with Gasteiger partial charge in [0, 0.05) is 35.9 Å². The average Bonchev–Trinajstić information content (AvgIpc) is 3.95. The van der Waals surface area contributed by atoms with Crippen molar-refractivity contribution in [1.29, 1.82) is 0 Å². The van der Waals surface area contributed by atoms with Gasteiger partial charge in [-0.05, 0) is 202 Å². The predicted molar refractivity (Wildman–Crippen MR) is 320 cm³/mol. The molecule has 8 heteroatoms. The van der Waals surface area contributed by atoms with Crippen LogP contribution in [0.25, 0.3) is 0 Å². The largest absolute Gasteiger partial charge is 1.00 e. The standard InChI is InChI=1S/C69H104N2O4.2HI/c1-42(2)17-14-19-44(5)55-26-28-57-53-24-22-49-39-51(30-34-66(49,9)59(53)32-36-68(55,57)11)74-64(72)61-46(7)70-47(8)62(63(61)48-21-16-38-71(13)41-48)65(73)75-52-31-35-67(10)50(40-52)23-25-54-58-29-27-56(45(6)20-15-18-43(3)4)69(58,12)37-33-60(54)67;;/h16,21-23,38,41-45,51-60,63H,14-15,17-20,24-37,39-40H2,1-13H3;2*1H/t44-,45-,51?,52?,53?,54?,55-,56-,57?,58?,59?,60?,63?,66+,67+,68-,69-;;/m1../s1. The average molecular weight is 1280 g/mol. The molecule has 1 aromatic heterocycles. The molecule has 10 rings (SSSR count). The molecule has 0 radical (unpaired) electrons. The highest BCUT2D eigenvalue weighted by molar-refractivity contribution is 14.0. The third-order valence-electron chi connectivity index (χ3n) is 24.6. The number of esters is 2. The lowest BCUT2D eigenvalue weighted by molar-refractivity contribution is -0.671. The van der Waals surface area contributed by atoms with E-state index in [1.54, 1.807) is 0 Å². The lowest BCUT2D eigenvalue weighted by atomic mass is 9.47. The van der Waals surface area contributed by atoms with Gasteiger partial charge in [0.2, 0.25) is 0 Å². The van der Waals surface area contributed by atoms with E-state index < -0.39 is 5.92 Å². The Morgan fingerprint density at radius 3 is 1.48 bits per heavy atom. The van der Waals surface area contributed by atoms with Crippen molar-refractivity contribution in [2.24, 2.45) is 99.7 Å². The molecular formula is C69H106I2N2O4. The van der Waals surface area contributed by atoms with Crippen molar-refractivity contribution in [2.75, 3.05) is 0 Å². The van der Waals surface area contributed by atoms with Crippen molar-refractivity contribution in [3.05, 3.63) is 75.9 Å². The van der Waals surface area contributed by atoms with Crippen LogP contribution in [0.1, 0.15) is 236 Å². The number of nitrogens with zero attached hydrogens (tertiary/aromatic N) is 1. The number of pyridine rings is 1. The minimum absolute atomic E-state index is 0. The van der Waals surface area contributed by atoms with Crippen LogP contribution in [0.4, 0.5) is 0 Å². The second-order valence-electron chi connectivity index (χ2n) is 29.6. The van der Waals surface area contributed by atoms with Crippen LogP contribution in [0, 0.1) is 92.7 Å². The molecule has 430 valence electrons. The van der Waals surface area contributed by atoms with E-state index in [-0.39, 0.29) is 82.9 Å². The summed E-state index contributed by atoms with van der Waals surface area (Å²) in [6.07, 6.45) is 36.1. The smallest absolute Gasteiger partial charge is 0.337 e. The maximum atomic E-state index is 15.0. The van der Waals surface area contributed by atoms with Crippen molar-refractivity contribution in [1.82, 2.24) is 5.32 Å². The molecule has 0 spiro atoms. The molecular weight excluding hydrogens is 1170 g/mol. The Labute approximate surface area is 503 Å². The number of allylic oxidation sites excluding steroid dienone is 4. The molecule has 0 saturated heterocycles. The van der Waals surface area contributed by atoms with Gasteiger partial charge >= 0.3 is 11.9 Å². The highest BCUT2D eigenvalue weighted by Crippen LogP contribution is 2.69. The van der Waals surface area contributed by atoms with Gasteiger partial charge in [0.1, 0.15) is 19.3 Å². The fourth-order valence-electron chi connectivity index (χ4n) is 20.6. The first-order chi connectivity index (χ1) is 35.7. The minimum Gasteiger partial charge on any atom is -1.00 e. The van der Waals surface area contributed by atoms with Crippen molar-refractivity contribution in [2.45, 2.75) is 242 Å². The van der Waals surface area contributed by atoms with Gasteiger partial charge in [0.25, 0.3) is 0 Å². The number of rotatable bonds is 15. The molecule has 1 aromatic rings. The number of hydrogen-bond acceptors (Lipinski definition) is 5. The van der Waals surface area contributed by atoms with Crippen molar-refractivity contribution in [3.8, 4) is 0 Å². The van der Waals surface area contributed by atoms with E-state index in [0.29, 0.717) is 33.8 Å². The Kier molecular flexibility index (Phi) is 19.3. The zero-order chi connectivity index (χ0) is 53.4. The number of carbonyl (C=O) groups is 2. The number of ether oxygens (including phenoxy) is 2. The van der Waals surface area contributed by atoms with Crippen LogP contribution in [0.2, 0.25) is 0 Å². The summed E-state index contributed by atoms with van der Waals surface area (Å²) in [5, 5.41) is 3.51. The number of hydrogen-bond donors (Lipinski definition) is 1. The summed E-state index contributed by atoms with van der Waals surface area (Å²) in [6.45, 7) is 29.2. The Morgan fingerprint density at radius 2 is 1.06 bits per heavy atom. The SMILES string of the molecule is CC1=C(C(=O)OC2CC[C@@]3(C)C(=CCC4C3CC[C@@]3(C)C4CC[C@@H]3[C@H](C)CCCC(C)C)C2)C(c2ccc[n+](C)c2)C(C(=O)OC2CC[C@@]3(C)C(=CCC4C3CC[C@@]3(C)C4CC[C@@H]3[C@H](C)CCCC(C)C)C2)=C(C)N1.I.[I-]. The highest BCUT2D eigenvalue weighted by Gasteiger charge is 2.61. The van der Waals surface area contributed by atoms with E-state index in [9.17, 15) is 0 Å². The van der Waals surface area contributed by atoms with Crippen LogP contribution in [-0.2, 0) is 26.1 Å². The van der Waals surface area contributed by atoms with Crippen LogP contribution in [-0.4, -0.2) is 24.1 Å². The van der Waals surface area contributed by atoms with Gasteiger partial charge in [-0.1, -0.05) is 131 Å². The molecule has 8 aliphatic carbocycles. The molecule has 6 fully saturated rings. The van der Waals surface area contributed by atoms with E-state index in [4.69, 9.17) is 9.47 Å². The van der Waals surface area contributed by atoms with Crippen LogP contribution in [0.15, 0.2) is 70.4 Å². The van der Waals surface area contributed by atoms with Crippen LogP contribution in [0.3, 0.4) is 0 Å². The quantitative estimate of drug-likeness (QED) is 0.0820. The van der Waals surface area contributed by atoms with Crippen LogP contribution in [0.5, 0.6) is 0 Å². The summed E-state index contributed by atoms with van der Waals surface area (Å²) in [6, 6.07) is 4.08. The van der Waals surface area contributed by atoms with E-state index in [2.05, 4.69) is 99.0 Å². The van der Waals surface area contributed by atoms with E-state index in [0.717, 1.165) is 115 Å². The molecule has 8 unspecified atom stereocenters. The third-order valence-corrected chi connectivity index (χ3v) is 24.6. The molecule has 0 bridgehead atoms. The second kappa shape index (κ2) is 24.3. The van der Waals surface area contributed by atoms with Gasteiger partial charge in [0.05, 0.1) is 17.1 Å². The van der Waals surface area contributed by atoms with E-state index >= 15 is 9.59 Å². The van der Waals surface area contributed by atoms with Crippen molar-refractivity contribution < 1.29 is 47.6 Å². The number of aromatic nitrogens is 1. The Morgan fingerprint density at radius 1 is 0.623 bits per heavy atom. The first kappa shape index (κ1) is 61.4. The summed E-state index contributed by atoms with van der Waals surface area (Å²) >= 11 is 0. The minimum atomic E-state index is -0.597. The molecule has 6 saturated carbocycles. The molecule has 16 atom stereocenters. The van der Waals surface area contributed by atoms with Gasteiger partial charge in [-0.15, -0.1) is 24.0 Å². The number of aryl methyl sites for hydroxylation is 1. The number of carbonyl (C=O) groups excluding carboxylic acids is 2. The van der Waals surface area contributed by atoms with Gasteiger partial charge in [-0.2, -0.15) is 0 Å². The zero-order valence-electron chi connectivity index (χ0n) is 50.5. The lowest BCUT2D eigenvalue weighted by Crippen LogP contribution is -3.00. The monoisotopic (exact) mass is 1280 g/mol. The van der Waals surface area contributed by atoms with Crippen molar-refractivity contribution >= 4 is 35.9 Å². The summed E-state index contributed by atoms with van der Waals surface area (Å²) in [5.74, 6) is 8.34. The number of halogens is 2. The van der Waals surface area contributed by atoms with Gasteiger partial charge in [-0.25, -0.2) is 14.2 Å². The van der Waals surface area contributed by atoms with Gasteiger partial charge in [-0.3, -0.25) is 0 Å². The number of nitrogens with one attached hydrogen (secondary N) is 1. The first-order valence-corrected chi connectivity index (χ1v) is 31.6. The molecule has 0 aromatic carbocycles. The normalized spacial score (nSPS) is 39.0. The molecule has 9 aliphatic rings.